The van der Waals surface area contributed by atoms with Gasteiger partial charge in [-0.25, -0.2) is 4.98 Å². The number of nitrogens with two attached hydrogens (primary N) is 1. The molecule has 74 valence electrons. The van der Waals surface area contributed by atoms with Crippen LogP contribution in [0.3, 0.4) is 0 Å². The topological polar surface area (TPSA) is 38.9 Å². The highest BCUT2D eigenvalue weighted by atomic mass is 32.1. The monoisotopic (exact) mass is 198 g/mol. The zero-order valence-electron chi connectivity index (χ0n) is 8.79. The van der Waals surface area contributed by atoms with E-state index in [2.05, 4.69) is 38.1 Å². The fraction of sp³-hybridized carbons (Fsp3) is 0.700. The standard InChI is InChI=1S/C10H18N2S/c1-5-7(11)8-6-13-9(12-8)10(2,3)4/h6-7H,5,11H2,1-4H3. The lowest BCUT2D eigenvalue weighted by Gasteiger charge is -2.14. The maximum atomic E-state index is 5.90. The molecule has 1 rings (SSSR count). The summed E-state index contributed by atoms with van der Waals surface area (Å²) in [5, 5.41) is 3.25. The Morgan fingerprint density at radius 1 is 1.54 bits per heavy atom. The van der Waals surface area contributed by atoms with E-state index in [1.165, 1.54) is 5.01 Å². The zero-order valence-corrected chi connectivity index (χ0v) is 9.61. The first-order valence-corrected chi connectivity index (χ1v) is 5.54. The van der Waals surface area contributed by atoms with E-state index >= 15 is 0 Å². The van der Waals surface area contributed by atoms with E-state index in [4.69, 9.17) is 5.73 Å². The van der Waals surface area contributed by atoms with E-state index in [1.807, 2.05) is 0 Å². The minimum Gasteiger partial charge on any atom is -0.323 e. The molecule has 0 radical (unpaired) electrons. The Bertz CT molecular complexity index is 273. The van der Waals surface area contributed by atoms with Crippen LogP contribution >= 0.6 is 11.3 Å². The molecule has 2 N–H and O–H groups in total. The normalized spacial score (nSPS) is 14.5. The Kier molecular flexibility index (Phi) is 3.09. The Balaban J connectivity index is 2.87. The third-order valence-corrected chi connectivity index (χ3v) is 3.27. The first kappa shape index (κ1) is 10.7. The third kappa shape index (κ3) is 2.51. The van der Waals surface area contributed by atoms with Gasteiger partial charge in [-0.1, -0.05) is 27.7 Å². The number of hydrogen-bond donors (Lipinski definition) is 1. The van der Waals surface area contributed by atoms with Gasteiger partial charge in [-0.2, -0.15) is 0 Å². The molecule has 0 saturated heterocycles. The van der Waals surface area contributed by atoms with Crippen molar-refractivity contribution in [3.05, 3.63) is 16.1 Å². The molecule has 0 spiro atoms. The van der Waals surface area contributed by atoms with Gasteiger partial charge in [0.2, 0.25) is 0 Å². The van der Waals surface area contributed by atoms with E-state index in [0.717, 1.165) is 12.1 Å². The minimum absolute atomic E-state index is 0.104. The first-order chi connectivity index (χ1) is 5.95. The second-order valence-corrected chi connectivity index (χ2v) is 5.20. The molecule has 1 heterocycles. The first-order valence-electron chi connectivity index (χ1n) is 4.66. The van der Waals surface area contributed by atoms with Crippen molar-refractivity contribution < 1.29 is 0 Å². The minimum atomic E-state index is 0.104. The second-order valence-electron chi connectivity index (χ2n) is 4.34. The molecule has 0 aromatic carbocycles. The predicted octanol–water partition coefficient (Wildman–Crippen LogP) is 2.85. The van der Waals surface area contributed by atoms with Gasteiger partial charge in [0, 0.05) is 16.8 Å². The molecule has 1 aromatic rings. The Labute approximate surface area is 84.2 Å². The van der Waals surface area contributed by atoms with Crippen LogP contribution in [0, 0.1) is 0 Å². The molecule has 0 amide bonds. The van der Waals surface area contributed by atoms with E-state index in [-0.39, 0.29) is 11.5 Å². The van der Waals surface area contributed by atoms with Gasteiger partial charge in [-0.05, 0) is 6.42 Å². The number of aromatic nitrogens is 1. The van der Waals surface area contributed by atoms with Gasteiger partial charge < -0.3 is 5.73 Å². The molecule has 0 aliphatic heterocycles. The fourth-order valence-electron chi connectivity index (χ4n) is 1.01. The van der Waals surface area contributed by atoms with Crippen LogP contribution in [0.15, 0.2) is 5.38 Å². The van der Waals surface area contributed by atoms with Gasteiger partial charge in [0.25, 0.3) is 0 Å². The molecule has 2 nitrogen and oxygen atoms in total. The molecule has 3 heteroatoms. The summed E-state index contributed by atoms with van der Waals surface area (Å²) in [5.41, 5.74) is 7.08. The van der Waals surface area contributed by atoms with Crippen molar-refractivity contribution in [1.29, 1.82) is 0 Å². The van der Waals surface area contributed by atoms with Gasteiger partial charge >= 0.3 is 0 Å². The molecule has 0 fully saturated rings. The van der Waals surface area contributed by atoms with Crippen LogP contribution in [0.2, 0.25) is 0 Å². The van der Waals surface area contributed by atoms with Crippen LogP contribution in [0.25, 0.3) is 0 Å². The summed E-state index contributed by atoms with van der Waals surface area (Å²) in [6, 6.07) is 0.104. The second kappa shape index (κ2) is 3.76. The number of thiazole rings is 1. The summed E-state index contributed by atoms with van der Waals surface area (Å²) < 4.78 is 0. The lowest BCUT2D eigenvalue weighted by Crippen LogP contribution is -2.13. The van der Waals surface area contributed by atoms with Crippen LogP contribution < -0.4 is 5.73 Å². The Hall–Kier alpha value is -0.410. The number of rotatable bonds is 2. The highest BCUT2D eigenvalue weighted by Gasteiger charge is 2.19. The lowest BCUT2D eigenvalue weighted by molar-refractivity contribution is 0.576. The zero-order chi connectivity index (χ0) is 10.1. The third-order valence-electron chi connectivity index (χ3n) is 1.98. The molecule has 1 atom stereocenters. The van der Waals surface area contributed by atoms with Gasteiger partial charge in [0.05, 0.1) is 10.7 Å². The quantitative estimate of drug-likeness (QED) is 0.793. The number of hydrogen-bond acceptors (Lipinski definition) is 3. The van der Waals surface area contributed by atoms with Gasteiger partial charge in [-0.3, -0.25) is 0 Å². The smallest absolute Gasteiger partial charge is 0.0982 e. The summed E-state index contributed by atoms with van der Waals surface area (Å²) in [4.78, 5) is 4.55. The summed E-state index contributed by atoms with van der Waals surface area (Å²) >= 11 is 1.71. The van der Waals surface area contributed by atoms with E-state index in [1.54, 1.807) is 11.3 Å². The van der Waals surface area contributed by atoms with Crippen LogP contribution in [0.5, 0.6) is 0 Å². The lowest BCUT2D eigenvalue weighted by atomic mass is 9.98. The molecule has 0 bridgehead atoms. The van der Waals surface area contributed by atoms with Crippen molar-refractivity contribution in [2.75, 3.05) is 0 Å². The van der Waals surface area contributed by atoms with Crippen molar-refractivity contribution >= 4 is 11.3 Å². The van der Waals surface area contributed by atoms with E-state index in [9.17, 15) is 0 Å². The van der Waals surface area contributed by atoms with Gasteiger partial charge in [0.15, 0.2) is 0 Å². The summed E-state index contributed by atoms with van der Waals surface area (Å²) in [7, 11) is 0. The molecular weight excluding hydrogens is 180 g/mol. The van der Waals surface area contributed by atoms with Crippen molar-refractivity contribution in [3.8, 4) is 0 Å². The SMILES string of the molecule is CCC(N)c1csc(C(C)(C)C)n1. The Morgan fingerprint density at radius 3 is 2.54 bits per heavy atom. The van der Waals surface area contributed by atoms with Crippen LogP contribution in [-0.2, 0) is 5.41 Å². The van der Waals surface area contributed by atoms with Crippen molar-refractivity contribution in [2.24, 2.45) is 5.73 Å². The molecule has 13 heavy (non-hydrogen) atoms. The fourth-order valence-corrected chi connectivity index (χ4v) is 1.98. The van der Waals surface area contributed by atoms with E-state index in [0.29, 0.717) is 0 Å². The molecule has 0 saturated carbocycles. The van der Waals surface area contributed by atoms with Crippen LogP contribution in [0.1, 0.15) is 50.9 Å². The van der Waals surface area contributed by atoms with Crippen molar-refractivity contribution in [2.45, 2.75) is 45.6 Å². The Morgan fingerprint density at radius 2 is 2.15 bits per heavy atom. The molecular formula is C10H18N2S. The predicted molar refractivity (Wildman–Crippen MR) is 58.0 cm³/mol. The molecule has 0 aliphatic carbocycles. The largest absolute Gasteiger partial charge is 0.323 e. The van der Waals surface area contributed by atoms with E-state index < -0.39 is 0 Å². The maximum absolute atomic E-state index is 5.90. The molecule has 1 unspecified atom stereocenters. The highest BCUT2D eigenvalue weighted by Crippen LogP contribution is 2.27. The van der Waals surface area contributed by atoms with Gasteiger partial charge in [0.1, 0.15) is 0 Å². The summed E-state index contributed by atoms with van der Waals surface area (Å²) in [5.74, 6) is 0. The van der Waals surface area contributed by atoms with Crippen molar-refractivity contribution in [3.63, 3.8) is 0 Å². The average Bonchev–Trinajstić information content (AvgIpc) is 2.50. The van der Waals surface area contributed by atoms with Crippen molar-refractivity contribution in [1.82, 2.24) is 4.98 Å². The summed E-state index contributed by atoms with van der Waals surface area (Å²) in [6.07, 6.45) is 0.952. The van der Waals surface area contributed by atoms with Crippen LogP contribution in [-0.4, -0.2) is 4.98 Å². The highest BCUT2D eigenvalue weighted by molar-refractivity contribution is 7.09. The number of nitrogens with zero attached hydrogens (tertiary/aromatic N) is 1. The van der Waals surface area contributed by atoms with Crippen LogP contribution in [0.4, 0.5) is 0 Å². The molecule has 0 aliphatic rings. The average molecular weight is 198 g/mol. The summed E-state index contributed by atoms with van der Waals surface area (Å²) in [6.45, 7) is 8.61. The maximum Gasteiger partial charge on any atom is 0.0982 e. The van der Waals surface area contributed by atoms with Gasteiger partial charge in [-0.15, -0.1) is 11.3 Å². The molecule has 1 aromatic heterocycles.